The van der Waals surface area contributed by atoms with Gasteiger partial charge in [0, 0.05) is 29.1 Å². The van der Waals surface area contributed by atoms with Crippen LogP contribution in [-0.2, 0) is 19.2 Å². The predicted octanol–water partition coefficient (Wildman–Crippen LogP) is 5.47. The fourth-order valence-electron chi connectivity index (χ4n) is 7.61. The minimum atomic E-state index is -1.97. The molecule has 2 aliphatic carbocycles. The quantitative estimate of drug-likeness (QED) is 0.172. The molecule has 2 aliphatic heterocycles. The number of aromatic hydroxyl groups is 1. The number of benzene rings is 3. The van der Waals surface area contributed by atoms with E-state index in [1.165, 1.54) is 25.2 Å². The van der Waals surface area contributed by atoms with E-state index in [0.717, 1.165) is 9.80 Å². The first-order valence-corrected chi connectivity index (χ1v) is 15.5. The van der Waals surface area contributed by atoms with Crippen LogP contribution in [0.3, 0.4) is 0 Å². The van der Waals surface area contributed by atoms with Gasteiger partial charge in [-0.2, -0.15) is 0 Å². The molecule has 0 aromatic heterocycles. The fraction of sp³-hybridized carbons (Fsp3) is 0.265. The van der Waals surface area contributed by atoms with Gasteiger partial charge in [0.2, 0.25) is 11.8 Å². The third-order valence-corrected chi connectivity index (χ3v) is 11.5. The van der Waals surface area contributed by atoms with Crippen molar-refractivity contribution in [3.63, 3.8) is 0 Å². The van der Waals surface area contributed by atoms with E-state index in [1.54, 1.807) is 48.5 Å². The van der Waals surface area contributed by atoms with Crippen molar-refractivity contribution < 1.29 is 29.1 Å². The number of halogens is 3. The number of fused-ring (bicyclic) bond motifs is 4. The van der Waals surface area contributed by atoms with Crippen LogP contribution in [0.4, 0.5) is 5.69 Å². The predicted molar refractivity (Wildman–Crippen MR) is 167 cm³/mol. The van der Waals surface area contributed by atoms with Crippen LogP contribution in [0.1, 0.15) is 40.2 Å². The molecule has 2 heterocycles. The Labute approximate surface area is 273 Å². The lowest BCUT2D eigenvalue weighted by atomic mass is 9.56. The Morgan fingerprint density at radius 2 is 1.53 bits per heavy atom. The molecule has 8 nitrogen and oxygen atoms in total. The molecule has 0 spiro atoms. The first-order chi connectivity index (χ1) is 21.4. The summed E-state index contributed by atoms with van der Waals surface area (Å²) in [7, 11) is 1.31. The molecule has 228 valence electrons. The van der Waals surface area contributed by atoms with Crippen molar-refractivity contribution in [1.82, 2.24) is 4.90 Å². The lowest BCUT2D eigenvalue weighted by molar-refractivity contribution is -0.138. The first kappa shape index (κ1) is 29.7. The average molecular weight is 664 g/mol. The topological polar surface area (TPSA) is 112 Å². The van der Waals surface area contributed by atoms with Gasteiger partial charge in [0.05, 0.1) is 17.5 Å². The number of allylic oxidation sites excluding steroid dienone is 2. The summed E-state index contributed by atoms with van der Waals surface area (Å²) in [5.74, 6) is -5.92. The molecular weight excluding hydrogens is 639 g/mol. The molecule has 7 rings (SSSR count). The van der Waals surface area contributed by atoms with E-state index in [1.807, 2.05) is 12.1 Å². The maximum absolute atomic E-state index is 14.2. The molecule has 3 aromatic carbocycles. The van der Waals surface area contributed by atoms with Crippen molar-refractivity contribution in [2.45, 2.75) is 28.5 Å². The molecule has 3 fully saturated rings. The molecule has 6 atom stereocenters. The molecule has 2 saturated heterocycles. The van der Waals surface area contributed by atoms with Gasteiger partial charge in [0.15, 0.2) is 15.5 Å². The van der Waals surface area contributed by atoms with Crippen molar-refractivity contribution in [3.8, 4) is 5.75 Å². The van der Waals surface area contributed by atoms with Crippen molar-refractivity contribution >= 4 is 69.9 Å². The van der Waals surface area contributed by atoms with Crippen LogP contribution in [0.2, 0.25) is 5.02 Å². The van der Waals surface area contributed by atoms with E-state index in [0.29, 0.717) is 28.0 Å². The smallest absolute Gasteiger partial charge is 0.253 e. The number of hydrogen-bond donors (Lipinski definition) is 1. The molecular formula is C34H25Cl3N2O6. The second kappa shape index (κ2) is 10.3. The number of alkyl halides is 2. The zero-order chi connectivity index (χ0) is 32.0. The minimum Gasteiger partial charge on any atom is -0.508 e. The van der Waals surface area contributed by atoms with Crippen LogP contribution in [0.15, 0.2) is 84.4 Å². The maximum Gasteiger partial charge on any atom is 0.253 e. The third kappa shape index (κ3) is 4.02. The Morgan fingerprint density at radius 3 is 2.20 bits per heavy atom. The molecule has 0 unspecified atom stereocenters. The molecule has 0 bridgehead atoms. The van der Waals surface area contributed by atoms with E-state index < -0.39 is 57.0 Å². The number of likely N-dealkylation sites (tertiary alicyclic amines) is 1. The molecule has 1 N–H and O–H groups in total. The Balaban J connectivity index is 1.28. The van der Waals surface area contributed by atoms with Crippen LogP contribution >= 0.6 is 34.8 Å². The van der Waals surface area contributed by atoms with Gasteiger partial charge in [-0.1, -0.05) is 59.6 Å². The van der Waals surface area contributed by atoms with E-state index in [2.05, 4.69) is 0 Å². The second-order valence-corrected chi connectivity index (χ2v) is 13.6. The van der Waals surface area contributed by atoms with E-state index in [4.69, 9.17) is 34.8 Å². The number of carbonyl (C=O) groups is 5. The van der Waals surface area contributed by atoms with Gasteiger partial charge in [-0.15, -0.1) is 23.2 Å². The molecule has 4 amide bonds. The van der Waals surface area contributed by atoms with E-state index >= 15 is 0 Å². The Bertz CT molecular complexity index is 1860. The number of hydrogen-bond acceptors (Lipinski definition) is 6. The highest BCUT2D eigenvalue weighted by atomic mass is 35.5. The van der Waals surface area contributed by atoms with Gasteiger partial charge < -0.3 is 5.11 Å². The van der Waals surface area contributed by atoms with Crippen LogP contribution in [0.5, 0.6) is 5.75 Å². The van der Waals surface area contributed by atoms with Crippen molar-refractivity contribution in [3.05, 3.63) is 106 Å². The summed E-state index contributed by atoms with van der Waals surface area (Å²) in [6.07, 6.45) is 1.85. The SMILES string of the molecule is CN1C(=O)[C@]2(Cl)C[C@@H]3C(=CC[C@@H]4C(=O)N(c5ccc(C(=O)c6ccccc6)cc5)C(=O)[C@@H]43)[C@H](c3ccc(O)cc3Cl)[C@]2(Cl)C1=O. The standard InChI is InChI=1S/C34H25Cl3N2O6/c1-38-31(44)33(36)16-24-21(27(34(33,37)32(38)45)22-12-11-20(40)15-25(22)35)13-14-23-26(24)30(43)39(29(23)42)19-9-7-18(8-10-19)28(41)17-5-3-2-4-6-17/h2-13,15,23-24,26-27,40H,14,16H2,1H3/t23-,24+,26-,27+,33+,34-/m0/s1. The van der Waals surface area contributed by atoms with Gasteiger partial charge in [0.1, 0.15) is 5.75 Å². The van der Waals surface area contributed by atoms with Crippen LogP contribution < -0.4 is 4.90 Å². The number of phenols is 1. The lowest BCUT2D eigenvalue weighted by Gasteiger charge is -2.51. The largest absolute Gasteiger partial charge is 0.508 e. The van der Waals surface area contributed by atoms with Crippen LogP contribution in [-0.4, -0.2) is 56.2 Å². The normalized spacial score (nSPS) is 30.6. The number of anilines is 1. The van der Waals surface area contributed by atoms with Gasteiger partial charge in [-0.25, -0.2) is 0 Å². The highest BCUT2D eigenvalue weighted by molar-refractivity contribution is 6.54. The number of carbonyl (C=O) groups excluding carboxylic acids is 5. The number of imide groups is 2. The molecule has 45 heavy (non-hydrogen) atoms. The zero-order valence-electron chi connectivity index (χ0n) is 23.7. The van der Waals surface area contributed by atoms with E-state index in [-0.39, 0.29) is 29.4 Å². The summed E-state index contributed by atoms with van der Waals surface area (Å²) in [4.78, 5) is 66.3. The second-order valence-electron chi connectivity index (χ2n) is 12.0. The highest BCUT2D eigenvalue weighted by Gasteiger charge is 2.76. The summed E-state index contributed by atoms with van der Waals surface area (Å²) >= 11 is 20.9. The van der Waals surface area contributed by atoms with Gasteiger partial charge >= 0.3 is 0 Å². The van der Waals surface area contributed by atoms with Crippen molar-refractivity contribution in [2.24, 2.45) is 17.8 Å². The average Bonchev–Trinajstić information content (AvgIpc) is 3.36. The molecule has 11 heteroatoms. The molecule has 0 radical (unpaired) electrons. The molecule has 4 aliphatic rings. The summed E-state index contributed by atoms with van der Waals surface area (Å²) in [5, 5.41) is 10.2. The summed E-state index contributed by atoms with van der Waals surface area (Å²) in [6.45, 7) is 0. The monoisotopic (exact) mass is 662 g/mol. The fourth-order valence-corrected chi connectivity index (χ4v) is 8.91. The lowest BCUT2D eigenvalue weighted by Crippen LogP contribution is -2.60. The van der Waals surface area contributed by atoms with Gasteiger partial charge in [-0.3, -0.25) is 33.8 Å². The van der Waals surface area contributed by atoms with Gasteiger partial charge in [-0.05, 0) is 60.7 Å². The maximum atomic E-state index is 14.2. The minimum absolute atomic E-state index is 0.107. The number of ketones is 1. The zero-order valence-corrected chi connectivity index (χ0v) is 26.0. The Morgan fingerprint density at radius 1 is 0.867 bits per heavy atom. The Hall–Kier alpha value is -3.98. The van der Waals surface area contributed by atoms with Crippen molar-refractivity contribution in [1.29, 1.82) is 0 Å². The van der Waals surface area contributed by atoms with Crippen LogP contribution in [0, 0.1) is 17.8 Å². The summed E-state index contributed by atoms with van der Waals surface area (Å²) in [6, 6.07) is 19.3. The summed E-state index contributed by atoms with van der Waals surface area (Å²) < 4.78 is 0. The number of rotatable bonds is 4. The highest BCUT2D eigenvalue weighted by Crippen LogP contribution is 2.66. The molecule has 1 saturated carbocycles. The first-order valence-electron chi connectivity index (χ1n) is 14.4. The number of amides is 4. The summed E-state index contributed by atoms with van der Waals surface area (Å²) in [5.41, 5.74) is 2.20. The number of nitrogens with zero attached hydrogens (tertiary/aromatic N) is 2. The Kier molecular flexibility index (Phi) is 6.78. The van der Waals surface area contributed by atoms with Crippen molar-refractivity contribution in [2.75, 3.05) is 11.9 Å². The van der Waals surface area contributed by atoms with Crippen LogP contribution in [0.25, 0.3) is 0 Å². The number of phenolic OH excluding ortho intramolecular Hbond substituents is 1. The third-order valence-electron chi connectivity index (χ3n) is 9.73. The van der Waals surface area contributed by atoms with Gasteiger partial charge in [0.25, 0.3) is 11.8 Å². The molecule has 3 aromatic rings. The van der Waals surface area contributed by atoms with E-state index in [9.17, 15) is 29.1 Å².